The molecule has 0 radical (unpaired) electrons. The number of rotatable bonds is 4. The quantitative estimate of drug-likeness (QED) is 0.647. The lowest BCUT2D eigenvalue weighted by atomic mass is 10.1. The molecule has 1 amide bonds. The van der Waals surface area contributed by atoms with Crippen molar-refractivity contribution < 1.29 is 4.79 Å². The zero-order valence-electron chi connectivity index (χ0n) is 12.2. The van der Waals surface area contributed by atoms with Crippen molar-refractivity contribution in [2.24, 2.45) is 0 Å². The minimum absolute atomic E-state index is 0.0709. The van der Waals surface area contributed by atoms with Gasteiger partial charge < -0.3 is 11.2 Å². The maximum absolute atomic E-state index is 11.8. The number of carbonyl (C=O) groups is 1. The molecule has 2 rings (SSSR count). The number of nitrogens with one attached hydrogen (secondary N) is 1. The van der Waals surface area contributed by atoms with Gasteiger partial charge in [-0.15, -0.1) is 10.2 Å². The van der Waals surface area contributed by atoms with Gasteiger partial charge >= 0.3 is 0 Å². The lowest BCUT2D eigenvalue weighted by Gasteiger charge is -2.20. The molecule has 2 aromatic rings. The summed E-state index contributed by atoms with van der Waals surface area (Å²) in [6.45, 7) is 5.80. The van der Waals surface area contributed by atoms with Crippen LogP contribution in [0.25, 0.3) is 11.4 Å². The smallest absolute Gasteiger partial charge is 0.230 e. The molecule has 0 bridgehead atoms. The summed E-state index contributed by atoms with van der Waals surface area (Å²) in [5.41, 5.74) is 0.521. The SMILES string of the molecule is CC(C)(C)NC(=O)CSc1nnc(-c2cccnc2)n1N. The van der Waals surface area contributed by atoms with Crippen LogP contribution in [-0.2, 0) is 4.79 Å². The van der Waals surface area contributed by atoms with Crippen LogP contribution >= 0.6 is 11.8 Å². The number of hydrogen-bond donors (Lipinski definition) is 2. The fourth-order valence-electron chi connectivity index (χ4n) is 1.65. The Hall–Kier alpha value is -2.09. The standard InChI is InChI=1S/C13H18N6OS/c1-13(2,3)16-10(20)8-21-12-18-17-11(19(12)14)9-5-4-6-15-7-9/h4-7H,8,14H2,1-3H3,(H,16,20). The fraction of sp³-hybridized carbons (Fsp3) is 0.385. The highest BCUT2D eigenvalue weighted by molar-refractivity contribution is 7.99. The van der Waals surface area contributed by atoms with E-state index >= 15 is 0 Å². The molecule has 112 valence electrons. The zero-order valence-corrected chi connectivity index (χ0v) is 13.0. The molecule has 2 aromatic heterocycles. The van der Waals surface area contributed by atoms with E-state index in [4.69, 9.17) is 5.84 Å². The Bertz CT molecular complexity index is 619. The third-order valence-electron chi connectivity index (χ3n) is 2.43. The van der Waals surface area contributed by atoms with Gasteiger partial charge in [0.2, 0.25) is 11.1 Å². The third-order valence-corrected chi connectivity index (χ3v) is 3.37. The van der Waals surface area contributed by atoms with Crippen LogP contribution < -0.4 is 11.2 Å². The van der Waals surface area contributed by atoms with Gasteiger partial charge in [0, 0.05) is 23.5 Å². The minimum Gasteiger partial charge on any atom is -0.351 e. The number of thioether (sulfide) groups is 1. The lowest BCUT2D eigenvalue weighted by molar-refractivity contribution is -0.119. The molecule has 21 heavy (non-hydrogen) atoms. The Kier molecular flexibility index (Phi) is 4.46. The van der Waals surface area contributed by atoms with Crippen molar-refractivity contribution >= 4 is 17.7 Å². The van der Waals surface area contributed by atoms with Gasteiger partial charge in [-0.25, -0.2) is 4.68 Å². The molecule has 0 aliphatic heterocycles. The van der Waals surface area contributed by atoms with Crippen LogP contribution in [0.5, 0.6) is 0 Å². The van der Waals surface area contributed by atoms with E-state index in [1.165, 1.54) is 16.4 Å². The predicted molar refractivity (Wildman–Crippen MR) is 82.0 cm³/mol. The summed E-state index contributed by atoms with van der Waals surface area (Å²) in [6, 6.07) is 3.65. The van der Waals surface area contributed by atoms with E-state index in [-0.39, 0.29) is 17.2 Å². The Labute approximate surface area is 127 Å². The molecule has 0 aliphatic rings. The van der Waals surface area contributed by atoms with E-state index in [1.807, 2.05) is 26.8 Å². The molecule has 0 aliphatic carbocycles. The molecule has 0 saturated heterocycles. The first-order chi connectivity index (χ1) is 9.87. The van der Waals surface area contributed by atoms with Crippen molar-refractivity contribution in [1.29, 1.82) is 0 Å². The number of pyridine rings is 1. The summed E-state index contributed by atoms with van der Waals surface area (Å²) in [7, 11) is 0. The molecule has 0 saturated carbocycles. The molecule has 0 fully saturated rings. The highest BCUT2D eigenvalue weighted by atomic mass is 32.2. The maximum atomic E-state index is 11.8. The number of nitrogens with two attached hydrogens (primary N) is 1. The second-order valence-corrected chi connectivity index (χ2v) is 6.45. The van der Waals surface area contributed by atoms with Crippen molar-refractivity contribution in [3.05, 3.63) is 24.5 Å². The highest BCUT2D eigenvalue weighted by Gasteiger charge is 2.16. The van der Waals surface area contributed by atoms with E-state index < -0.39 is 0 Å². The van der Waals surface area contributed by atoms with Crippen LogP contribution in [0.15, 0.2) is 29.7 Å². The normalized spacial score (nSPS) is 11.4. The summed E-state index contributed by atoms with van der Waals surface area (Å²) < 4.78 is 1.37. The van der Waals surface area contributed by atoms with Gasteiger partial charge in [0.1, 0.15) is 0 Å². The second-order valence-electron chi connectivity index (χ2n) is 5.50. The van der Waals surface area contributed by atoms with Gasteiger partial charge in [-0.1, -0.05) is 11.8 Å². The summed E-state index contributed by atoms with van der Waals surface area (Å²) >= 11 is 1.24. The summed E-state index contributed by atoms with van der Waals surface area (Å²) in [6.07, 6.45) is 3.33. The number of amides is 1. The summed E-state index contributed by atoms with van der Waals surface area (Å²) in [4.78, 5) is 15.8. The number of nitrogen functional groups attached to an aromatic ring is 1. The molecule has 0 unspecified atom stereocenters. The molecular formula is C13H18N6OS. The van der Waals surface area contributed by atoms with Gasteiger partial charge in [0.15, 0.2) is 5.82 Å². The van der Waals surface area contributed by atoms with Gasteiger partial charge in [-0.3, -0.25) is 9.78 Å². The molecule has 0 atom stereocenters. The zero-order chi connectivity index (χ0) is 15.5. The van der Waals surface area contributed by atoms with Crippen LogP contribution in [0.3, 0.4) is 0 Å². The van der Waals surface area contributed by atoms with Gasteiger partial charge in [-0.2, -0.15) is 0 Å². The number of aromatic nitrogens is 4. The summed E-state index contributed by atoms with van der Waals surface area (Å²) in [5.74, 6) is 6.64. The first kappa shape index (κ1) is 15.3. The van der Waals surface area contributed by atoms with E-state index in [1.54, 1.807) is 18.5 Å². The summed E-state index contributed by atoms with van der Waals surface area (Å²) in [5, 5.41) is 11.4. The topological polar surface area (TPSA) is 98.7 Å². The Balaban J connectivity index is 2.03. The Morgan fingerprint density at radius 2 is 2.19 bits per heavy atom. The van der Waals surface area contributed by atoms with Crippen molar-refractivity contribution in [2.75, 3.05) is 11.6 Å². The fourth-order valence-corrected chi connectivity index (χ4v) is 2.31. The van der Waals surface area contributed by atoms with E-state index in [9.17, 15) is 4.79 Å². The molecular weight excluding hydrogens is 288 g/mol. The largest absolute Gasteiger partial charge is 0.351 e. The van der Waals surface area contributed by atoms with Crippen LogP contribution in [0, 0.1) is 0 Å². The maximum Gasteiger partial charge on any atom is 0.230 e. The number of nitrogens with zero attached hydrogens (tertiary/aromatic N) is 4. The van der Waals surface area contributed by atoms with Gasteiger partial charge in [0.25, 0.3) is 0 Å². The van der Waals surface area contributed by atoms with Crippen LogP contribution in [0.1, 0.15) is 20.8 Å². The first-order valence-corrected chi connectivity index (χ1v) is 7.40. The van der Waals surface area contributed by atoms with Crippen molar-refractivity contribution in [3.63, 3.8) is 0 Å². The monoisotopic (exact) mass is 306 g/mol. The Morgan fingerprint density at radius 1 is 1.43 bits per heavy atom. The molecule has 2 heterocycles. The second kappa shape index (κ2) is 6.13. The molecule has 7 nitrogen and oxygen atoms in total. The van der Waals surface area contributed by atoms with E-state index in [0.29, 0.717) is 11.0 Å². The van der Waals surface area contributed by atoms with Crippen molar-refractivity contribution in [3.8, 4) is 11.4 Å². The molecule has 8 heteroatoms. The highest BCUT2D eigenvalue weighted by Crippen LogP contribution is 2.20. The van der Waals surface area contributed by atoms with E-state index in [2.05, 4.69) is 20.5 Å². The molecule has 0 aromatic carbocycles. The predicted octanol–water partition coefficient (Wildman–Crippen LogP) is 1.06. The Morgan fingerprint density at radius 3 is 2.81 bits per heavy atom. The number of hydrogen-bond acceptors (Lipinski definition) is 6. The van der Waals surface area contributed by atoms with Crippen molar-refractivity contribution in [1.82, 2.24) is 25.2 Å². The average molecular weight is 306 g/mol. The molecule has 0 spiro atoms. The van der Waals surface area contributed by atoms with Gasteiger partial charge in [-0.05, 0) is 32.9 Å². The van der Waals surface area contributed by atoms with Crippen LogP contribution in [-0.4, -0.2) is 37.1 Å². The van der Waals surface area contributed by atoms with Crippen LogP contribution in [0.4, 0.5) is 0 Å². The lowest BCUT2D eigenvalue weighted by Crippen LogP contribution is -2.41. The minimum atomic E-state index is -0.255. The number of carbonyl (C=O) groups excluding carboxylic acids is 1. The first-order valence-electron chi connectivity index (χ1n) is 6.41. The van der Waals surface area contributed by atoms with Crippen LogP contribution in [0.2, 0.25) is 0 Å². The molecule has 3 N–H and O–H groups in total. The van der Waals surface area contributed by atoms with E-state index in [0.717, 1.165) is 5.56 Å². The van der Waals surface area contributed by atoms with Crippen molar-refractivity contribution in [2.45, 2.75) is 31.5 Å². The third kappa shape index (κ3) is 4.19. The average Bonchev–Trinajstić information content (AvgIpc) is 2.77. The van der Waals surface area contributed by atoms with Gasteiger partial charge in [0.05, 0.1) is 5.75 Å².